The Hall–Kier alpha value is -2.43. The fraction of sp³-hybridized carbons (Fsp3) is 0.278. The van der Waals surface area contributed by atoms with Crippen molar-refractivity contribution in [3.05, 3.63) is 54.1 Å². The predicted octanol–water partition coefficient (Wildman–Crippen LogP) is 1.40. The van der Waals surface area contributed by atoms with Crippen LogP contribution in [0.1, 0.15) is 23.2 Å². The van der Waals surface area contributed by atoms with Crippen LogP contribution in [0.5, 0.6) is 0 Å². The van der Waals surface area contributed by atoms with Gasteiger partial charge in [-0.3, -0.25) is 9.10 Å². The second-order valence-corrected chi connectivity index (χ2v) is 10.3. The van der Waals surface area contributed by atoms with Crippen LogP contribution in [0.2, 0.25) is 0 Å². The maximum atomic E-state index is 12.9. The molecular formula is C18H21N3O5S2. The monoisotopic (exact) mass is 423 g/mol. The van der Waals surface area contributed by atoms with Crippen LogP contribution in [0, 0.1) is 0 Å². The number of nitrogens with zero attached hydrogens (tertiary/aromatic N) is 2. The van der Waals surface area contributed by atoms with Crippen molar-refractivity contribution in [1.29, 1.82) is 0 Å². The lowest BCUT2D eigenvalue weighted by Gasteiger charge is -2.22. The number of amides is 1. The maximum absolute atomic E-state index is 12.9. The molecule has 1 fully saturated rings. The Morgan fingerprint density at radius 1 is 0.929 bits per heavy atom. The molecule has 10 heteroatoms. The van der Waals surface area contributed by atoms with Crippen molar-refractivity contribution in [2.24, 2.45) is 5.73 Å². The quantitative estimate of drug-likeness (QED) is 0.753. The second kappa shape index (κ2) is 7.53. The molecule has 1 aliphatic rings. The first-order valence-electron chi connectivity index (χ1n) is 8.63. The number of nitrogens with two attached hydrogens (primary N) is 1. The molecule has 0 unspecified atom stereocenters. The minimum atomic E-state index is -4.01. The number of hydrogen-bond donors (Lipinski definition) is 1. The lowest BCUT2D eigenvalue weighted by atomic mass is 10.2. The van der Waals surface area contributed by atoms with Crippen LogP contribution in [-0.4, -0.2) is 47.2 Å². The Morgan fingerprint density at radius 3 is 2.04 bits per heavy atom. The number of primary amides is 1. The van der Waals surface area contributed by atoms with Gasteiger partial charge in [-0.1, -0.05) is 12.1 Å². The van der Waals surface area contributed by atoms with Gasteiger partial charge in [-0.2, -0.15) is 4.31 Å². The molecule has 150 valence electrons. The molecule has 0 spiro atoms. The van der Waals surface area contributed by atoms with Crippen molar-refractivity contribution in [1.82, 2.24) is 4.31 Å². The molecule has 0 radical (unpaired) electrons. The van der Waals surface area contributed by atoms with Gasteiger partial charge in [0.15, 0.2) is 0 Å². The molecule has 2 aromatic rings. The minimum Gasteiger partial charge on any atom is -0.366 e. The topological polar surface area (TPSA) is 118 Å². The van der Waals surface area contributed by atoms with E-state index in [-0.39, 0.29) is 21.0 Å². The van der Waals surface area contributed by atoms with Gasteiger partial charge in [0.1, 0.15) is 0 Å². The molecule has 0 saturated carbocycles. The van der Waals surface area contributed by atoms with Crippen molar-refractivity contribution in [3.8, 4) is 0 Å². The van der Waals surface area contributed by atoms with Crippen LogP contribution in [0.3, 0.4) is 0 Å². The number of anilines is 1. The molecule has 0 bridgehead atoms. The fourth-order valence-electron chi connectivity index (χ4n) is 3.11. The molecule has 1 saturated heterocycles. The first-order chi connectivity index (χ1) is 13.2. The lowest BCUT2D eigenvalue weighted by molar-refractivity contribution is 0.100. The van der Waals surface area contributed by atoms with E-state index >= 15 is 0 Å². The van der Waals surface area contributed by atoms with Crippen LogP contribution >= 0.6 is 0 Å². The number of para-hydroxylation sites is 1. The zero-order valence-corrected chi connectivity index (χ0v) is 16.9. The summed E-state index contributed by atoms with van der Waals surface area (Å²) in [5.41, 5.74) is 5.54. The van der Waals surface area contributed by atoms with E-state index in [9.17, 15) is 21.6 Å². The van der Waals surface area contributed by atoms with Gasteiger partial charge in [0.05, 0.1) is 21.0 Å². The van der Waals surface area contributed by atoms with Gasteiger partial charge in [-0.05, 0) is 49.2 Å². The predicted molar refractivity (Wildman–Crippen MR) is 105 cm³/mol. The van der Waals surface area contributed by atoms with Gasteiger partial charge in [0.25, 0.3) is 15.9 Å². The highest BCUT2D eigenvalue weighted by Crippen LogP contribution is 2.27. The van der Waals surface area contributed by atoms with Crippen LogP contribution < -0.4 is 10.0 Å². The molecule has 2 aromatic carbocycles. The molecule has 1 aliphatic heterocycles. The van der Waals surface area contributed by atoms with E-state index in [1.165, 1.54) is 47.8 Å². The summed E-state index contributed by atoms with van der Waals surface area (Å²) < 4.78 is 53.4. The number of benzene rings is 2. The van der Waals surface area contributed by atoms with E-state index in [2.05, 4.69) is 0 Å². The van der Waals surface area contributed by atoms with E-state index in [1.807, 2.05) is 0 Å². The van der Waals surface area contributed by atoms with Crippen molar-refractivity contribution in [2.45, 2.75) is 22.6 Å². The number of rotatable bonds is 6. The first-order valence-corrected chi connectivity index (χ1v) is 11.5. The molecule has 2 N–H and O–H groups in total. The van der Waals surface area contributed by atoms with Gasteiger partial charge in [0, 0.05) is 20.1 Å². The summed E-state index contributed by atoms with van der Waals surface area (Å²) in [5.74, 6) is -0.746. The van der Waals surface area contributed by atoms with Gasteiger partial charge in [-0.15, -0.1) is 0 Å². The van der Waals surface area contributed by atoms with Crippen LogP contribution in [0.4, 0.5) is 5.69 Å². The summed E-state index contributed by atoms with van der Waals surface area (Å²) in [6.07, 6.45) is 1.63. The van der Waals surface area contributed by atoms with Crippen LogP contribution in [-0.2, 0) is 20.0 Å². The number of carbonyl (C=O) groups is 1. The van der Waals surface area contributed by atoms with Gasteiger partial charge < -0.3 is 5.73 Å². The summed E-state index contributed by atoms with van der Waals surface area (Å²) in [4.78, 5) is 11.6. The molecule has 3 rings (SSSR count). The second-order valence-electron chi connectivity index (χ2n) is 6.44. The third-order valence-corrected chi connectivity index (χ3v) is 8.39. The molecular weight excluding hydrogens is 402 g/mol. The van der Waals surface area contributed by atoms with Gasteiger partial charge in [0.2, 0.25) is 10.0 Å². The fourth-order valence-corrected chi connectivity index (χ4v) is 5.84. The molecule has 0 aromatic heterocycles. The molecule has 0 atom stereocenters. The third kappa shape index (κ3) is 3.62. The molecule has 8 nitrogen and oxygen atoms in total. The number of sulfonamides is 2. The van der Waals surface area contributed by atoms with E-state index in [1.54, 1.807) is 12.1 Å². The van der Waals surface area contributed by atoms with E-state index in [0.29, 0.717) is 13.1 Å². The Balaban J connectivity index is 1.94. The smallest absolute Gasteiger partial charge is 0.264 e. The first kappa shape index (κ1) is 20.3. The van der Waals surface area contributed by atoms with Crippen LogP contribution in [0.25, 0.3) is 0 Å². The summed E-state index contributed by atoms with van der Waals surface area (Å²) in [6, 6.07) is 11.2. The van der Waals surface area contributed by atoms with Crippen molar-refractivity contribution in [3.63, 3.8) is 0 Å². The average molecular weight is 424 g/mol. The summed E-state index contributed by atoms with van der Waals surface area (Å²) in [5, 5.41) is 0. The Kier molecular flexibility index (Phi) is 5.46. The molecule has 28 heavy (non-hydrogen) atoms. The highest BCUT2D eigenvalue weighted by atomic mass is 32.2. The Bertz CT molecular complexity index is 1090. The average Bonchev–Trinajstić information content (AvgIpc) is 3.23. The summed E-state index contributed by atoms with van der Waals surface area (Å²) in [6.45, 7) is 0.935. The Labute approximate surface area is 164 Å². The summed E-state index contributed by atoms with van der Waals surface area (Å²) >= 11 is 0. The third-order valence-electron chi connectivity index (χ3n) is 4.69. The van der Waals surface area contributed by atoms with Gasteiger partial charge in [-0.25, -0.2) is 16.8 Å². The Morgan fingerprint density at radius 2 is 1.46 bits per heavy atom. The van der Waals surface area contributed by atoms with Crippen molar-refractivity contribution in [2.75, 3.05) is 24.4 Å². The normalized spacial score (nSPS) is 15.5. The molecule has 1 amide bonds. The van der Waals surface area contributed by atoms with E-state index < -0.39 is 26.0 Å². The zero-order valence-electron chi connectivity index (χ0n) is 15.3. The van der Waals surface area contributed by atoms with E-state index in [4.69, 9.17) is 5.73 Å². The number of hydrogen-bond acceptors (Lipinski definition) is 5. The highest BCUT2D eigenvalue weighted by molar-refractivity contribution is 7.92. The SMILES string of the molecule is CN(c1ccccc1C(N)=O)S(=O)(=O)c1ccc(S(=O)(=O)N2CCCC2)cc1. The highest BCUT2D eigenvalue weighted by Gasteiger charge is 2.29. The minimum absolute atomic E-state index is 0.0496. The molecule has 1 heterocycles. The van der Waals surface area contributed by atoms with Gasteiger partial charge >= 0.3 is 0 Å². The number of carbonyl (C=O) groups excluding carboxylic acids is 1. The van der Waals surface area contributed by atoms with Crippen molar-refractivity contribution < 1.29 is 21.6 Å². The van der Waals surface area contributed by atoms with E-state index in [0.717, 1.165) is 17.1 Å². The largest absolute Gasteiger partial charge is 0.366 e. The maximum Gasteiger partial charge on any atom is 0.264 e. The standard InChI is InChI=1S/C18H21N3O5S2/c1-20(17-7-3-2-6-16(17)18(19)22)27(23,24)14-8-10-15(11-9-14)28(25,26)21-12-4-5-13-21/h2-3,6-11H,4-5,12-13H2,1H3,(H2,19,22). The zero-order chi connectivity index (χ0) is 20.5. The van der Waals surface area contributed by atoms with Crippen molar-refractivity contribution >= 4 is 31.6 Å². The molecule has 0 aliphatic carbocycles. The lowest BCUT2D eigenvalue weighted by Crippen LogP contribution is -2.29. The van der Waals surface area contributed by atoms with Crippen LogP contribution in [0.15, 0.2) is 58.3 Å². The summed E-state index contributed by atoms with van der Waals surface area (Å²) in [7, 11) is -6.33.